The number of ether oxygens (including phenoxy) is 1. The third-order valence-electron chi connectivity index (χ3n) is 3.04. The summed E-state index contributed by atoms with van der Waals surface area (Å²) in [5.41, 5.74) is 0. The van der Waals surface area contributed by atoms with Crippen molar-refractivity contribution in [2.24, 2.45) is 5.92 Å². The van der Waals surface area contributed by atoms with Crippen molar-refractivity contribution in [2.45, 2.75) is 29.9 Å². The van der Waals surface area contributed by atoms with Crippen LogP contribution in [0.3, 0.4) is 0 Å². The number of aliphatic carboxylic acids is 1. The number of hydrogen-bond donors (Lipinski definition) is 2. The molecule has 1 aromatic heterocycles. The molecule has 21 heavy (non-hydrogen) atoms. The standard InChI is InChI=1S/C13H19NO5S2/c15-12(16)8-11-4-5-13(20-11)21(17,18)14-6-1-7-19-9-10-2-3-10/h4-5,10,14H,1-3,6-9H2,(H,15,16). The average molecular weight is 333 g/mol. The van der Waals surface area contributed by atoms with Gasteiger partial charge in [0.25, 0.3) is 0 Å². The van der Waals surface area contributed by atoms with E-state index in [1.54, 1.807) is 0 Å². The van der Waals surface area contributed by atoms with E-state index in [1.165, 1.54) is 25.0 Å². The van der Waals surface area contributed by atoms with E-state index in [4.69, 9.17) is 9.84 Å². The summed E-state index contributed by atoms with van der Waals surface area (Å²) >= 11 is 0.986. The third kappa shape index (κ3) is 5.74. The Bertz CT molecular complexity index is 577. The molecule has 1 aliphatic carbocycles. The third-order valence-corrected chi connectivity index (χ3v) is 6.07. The Kier molecular flexibility index (Phi) is 5.74. The van der Waals surface area contributed by atoms with Gasteiger partial charge in [0.1, 0.15) is 4.21 Å². The first-order chi connectivity index (χ1) is 9.97. The van der Waals surface area contributed by atoms with Crippen molar-refractivity contribution in [2.75, 3.05) is 19.8 Å². The van der Waals surface area contributed by atoms with E-state index < -0.39 is 16.0 Å². The first kappa shape index (κ1) is 16.4. The Balaban J connectivity index is 1.72. The molecule has 0 saturated heterocycles. The Hall–Kier alpha value is -0.960. The molecule has 2 rings (SSSR count). The van der Waals surface area contributed by atoms with Crippen molar-refractivity contribution in [3.63, 3.8) is 0 Å². The lowest BCUT2D eigenvalue weighted by molar-refractivity contribution is -0.136. The van der Waals surface area contributed by atoms with E-state index in [2.05, 4.69) is 4.72 Å². The van der Waals surface area contributed by atoms with Crippen LogP contribution in [0.15, 0.2) is 16.3 Å². The fraction of sp³-hybridized carbons (Fsp3) is 0.615. The van der Waals surface area contributed by atoms with Crippen LogP contribution in [0, 0.1) is 5.92 Å². The molecule has 8 heteroatoms. The molecule has 1 aromatic rings. The second-order valence-corrected chi connectivity index (χ2v) is 8.22. The van der Waals surface area contributed by atoms with Gasteiger partial charge in [0.05, 0.1) is 6.42 Å². The predicted molar refractivity (Wildman–Crippen MR) is 79.0 cm³/mol. The number of carboxylic acids is 1. The van der Waals surface area contributed by atoms with E-state index in [-0.39, 0.29) is 10.6 Å². The Labute approximate surface area is 128 Å². The summed E-state index contributed by atoms with van der Waals surface area (Å²) in [6.45, 7) is 1.64. The number of sulfonamides is 1. The van der Waals surface area contributed by atoms with Gasteiger partial charge in [-0.3, -0.25) is 4.79 Å². The van der Waals surface area contributed by atoms with Crippen molar-refractivity contribution in [1.82, 2.24) is 4.72 Å². The highest BCUT2D eigenvalue weighted by atomic mass is 32.2. The lowest BCUT2D eigenvalue weighted by Crippen LogP contribution is -2.24. The summed E-state index contributed by atoms with van der Waals surface area (Å²) in [5, 5.41) is 8.67. The van der Waals surface area contributed by atoms with Gasteiger partial charge in [0.15, 0.2) is 0 Å². The van der Waals surface area contributed by atoms with Gasteiger partial charge >= 0.3 is 5.97 Å². The minimum Gasteiger partial charge on any atom is -0.481 e. The summed E-state index contributed by atoms with van der Waals surface area (Å²) in [7, 11) is -3.55. The minimum atomic E-state index is -3.55. The van der Waals surface area contributed by atoms with Crippen LogP contribution in [0.5, 0.6) is 0 Å². The molecule has 1 aliphatic rings. The Morgan fingerprint density at radius 2 is 2.19 bits per heavy atom. The fourth-order valence-corrected chi connectivity index (χ4v) is 4.20. The highest BCUT2D eigenvalue weighted by molar-refractivity contribution is 7.91. The van der Waals surface area contributed by atoms with Gasteiger partial charge in [-0.05, 0) is 37.3 Å². The molecule has 6 nitrogen and oxygen atoms in total. The molecule has 0 atom stereocenters. The smallest absolute Gasteiger partial charge is 0.308 e. The van der Waals surface area contributed by atoms with Crippen molar-refractivity contribution in [1.29, 1.82) is 0 Å². The fourth-order valence-electron chi connectivity index (χ4n) is 1.73. The first-order valence-electron chi connectivity index (χ1n) is 6.85. The molecule has 0 spiro atoms. The Morgan fingerprint density at radius 1 is 1.43 bits per heavy atom. The second kappa shape index (κ2) is 7.35. The highest BCUT2D eigenvalue weighted by Crippen LogP contribution is 2.28. The lowest BCUT2D eigenvalue weighted by atomic mass is 10.3. The van der Waals surface area contributed by atoms with Crippen molar-refractivity contribution in [3.05, 3.63) is 17.0 Å². The monoisotopic (exact) mass is 333 g/mol. The number of hydrogen-bond acceptors (Lipinski definition) is 5. The first-order valence-corrected chi connectivity index (χ1v) is 9.15. The summed E-state index contributed by atoms with van der Waals surface area (Å²) in [6, 6.07) is 2.97. The maximum Gasteiger partial charge on any atom is 0.308 e. The molecule has 2 N–H and O–H groups in total. The number of carboxylic acid groups (broad SMARTS) is 1. The summed E-state index contributed by atoms with van der Waals surface area (Å²) < 4.78 is 32.1. The maximum absolute atomic E-state index is 12.0. The molecular formula is C13H19NO5S2. The molecule has 0 aromatic carbocycles. The molecule has 1 saturated carbocycles. The van der Waals surface area contributed by atoms with Gasteiger partial charge in [-0.25, -0.2) is 13.1 Å². The van der Waals surface area contributed by atoms with E-state index in [0.717, 1.165) is 17.9 Å². The van der Waals surface area contributed by atoms with E-state index >= 15 is 0 Å². The zero-order valence-corrected chi connectivity index (χ0v) is 13.2. The van der Waals surface area contributed by atoms with Gasteiger partial charge in [-0.2, -0.15) is 0 Å². The molecule has 0 bridgehead atoms. The van der Waals surface area contributed by atoms with Gasteiger partial charge < -0.3 is 9.84 Å². The van der Waals surface area contributed by atoms with Crippen molar-refractivity contribution < 1.29 is 23.1 Å². The zero-order valence-electron chi connectivity index (χ0n) is 11.6. The van der Waals surface area contributed by atoms with E-state index in [0.29, 0.717) is 30.4 Å². The lowest BCUT2D eigenvalue weighted by Gasteiger charge is -2.05. The van der Waals surface area contributed by atoms with Crippen LogP contribution >= 0.6 is 11.3 Å². The second-order valence-electron chi connectivity index (χ2n) is 5.06. The van der Waals surface area contributed by atoms with E-state index in [9.17, 15) is 13.2 Å². The summed E-state index contributed by atoms with van der Waals surface area (Å²) in [6.07, 6.45) is 2.95. The number of rotatable bonds is 10. The molecule has 0 unspecified atom stereocenters. The van der Waals surface area contributed by atoms with Crippen LogP contribution in [0.25, 0.3) is 0 Å². The van der Waals surface area contributed by atoms with Crippen LogP contribution < -0.4 is 4.72 Å². The number of nitrogens with one attached hydrogen (secondary N) is 1. The molecule has 0 radical (unpaired) electrons. The topological polar surface area (TPSA) is 92.7 Å². The minimum absolute atomic E-state index is 0.151. The van der Waals surface area contributed by atoms with E-state index in [1.807, 2.05) is 0 Å². The van der Waals surface area contributed by atoms with Gasteiger partial charge in [-0.1, -0.05) is 0 Å². The SMILES string of the molecule is O=C(O)Cc1ccc(S(=O)(=O)NCCCOCC2CC2)s1. The molecule has 0 aliphatic heterocycles. The number of carbonyl (C=O) groups is 1. The Morgan fingerprint density at radius 3 is 2.86 bits per heavy atom. The zero-order chi connectivity index (χ0) is 15.3. The van der Waals surface area contributed by atoms with Crippen LogP contribution in [0.4, 0.5) is 0 Å². The van der Waals surface area contributed by atoms with Crippen LogP contribution in [-0.2, 0) is 26.0 Å². The molecule has 118 valence electrons. The summed E-state index contributed by atoms with van der Waals surface area (Å²) in [5.74, 6) is -0.262. The molecular weight excluding hydrogens is 314 g/mol. The summed E-state index contributed by atoms with van der Waals surface area (Å²) in [4.78, 5) is 11.1. The quantitative estimate of drug-likeness (QED) is 0.633. The number of thiophene rings is 1. The van der Waals surface area contributed by atoms with Crippen LogP contribution in [0.1, 0.15) is 24.1 Å². The van der Waals surface area contributed by atoms with Crippen molar-refractivity contribution >= 4 is 27.3 Å². The molecule has 1 heterocycles. The predicted octanol–water partition coefficient (Wildman–Crippen LogP) is 1.47. The largest absolute Gasteiger partial charge is 0.481 e. The average Bonchev–Trinajstić information content (AvgIpc) is 3.10. The molecule has 1 fully saturated rings. The highest BCUT2D eigenvalue weighted by Gasteiger charge is 2.21. The van der Waals surface area contributed by atoms with Crippen LogP contribution in [-0.4, -0.2) is 39.3 Å². The normalized spacial score (nSPS) is 15.2. The van der Waals surface area contributed by atoms with Gasteiger partial charge in [-0.15, -0.1) is 11.3 Å². The van der Waals surface area contributed by atoms with Gasteiger partial charge in [0.2, 0.25) is 10.0 Å². The molecule has 0 amide bonds. The van der Waals surface area contributed by atoms with Crippen LogP contribution in [0.2, 0.25) is 0 Å². The van der Waals surface area contributed by atoms with Gasteiger partial charge in [0, 0.05) is 24.6 Å². The maximum atomic E-state index is 12.0. The van der Waals surface area contributed by atoms with Crippen molar-refractivity contribution in [3.8, 4) is 0 Å².